The van der Waals surface area contributed by atoms with Crippen LogP contribution in [-0.2, 0) is 10.8 Å². The molecule has 0 atom stereocenters. The molecule has 2 aliphatic rings. The second-order valence-corrected chi connectivity index (χ2v) is 45.3. The lowest BCUT2D eigenvalue weighted by atomic mass is 9.34. The summed E-state index contributed by atoms with van der Waals surface area (Å²) in [6, 6.07) is 116. The van der Waals surface area contributed by atoms with E-state index >= 15 is 0 Å². The highest BCUT2D eigenvalue weighted by atomic mass is 15.1. The molecule has 0 spiro atoms. The number of fused-ring (bicyclic) bond motifs is 21. The zero-order chi connectivity index (χ0) is 105. The van der Waals surface area contributed by atoms with E-state index in [0.29, 0.717) is 0 Å². The van der Waals surface area contributed by atoms with E-state index < -0.39 is 0 Å². The van der Waals surface area contributed by atoms with Crippen LogP contribution in [0.5, 0.6) is 0 Å². The van der Waals surface area contributed by atoms with E-state index in [4.69, 9.17) is 15.0 Å². The first-order valence-electron chi connectivity index (χ1n) is 53.7. The normalized spacial score (nSPS) is 12.7. The summed E-state index contributed by atoms with van der Waals surface area (Å²) >= 11 is 0. The molecule has 6 aromatic heterocycles. The molecule has 2 aliphatic carbocycles. The van der Waals surface area contributed by atoms with Gasteiger partial charge in [0.15, 0.2) is 0 Å². The number of aryl methyl sites for hydroxylation is 23. The molecule has 0 bridgehead atoms. The first-order chi connectivity index (χ1) is 72.0. The minimum Gasteiger partial charge on any atom is -0.309 e. The van der Waals surface area contributed by atoms with Crippen molar-refractivity contribution in [2.45, 2.75) is 198 Å². The number of nitrogens with zero attached hydrogens (tertiary/aromatic N) is 7. The van der Waals surface area contributed by atoms with Gasteiger partial charge in [-0.2, -0.15) is 0 Å². The molecule has 0 radical (unpaired) electrons. The Morgan fingerprint density at radius 1 is 0.213 bits per heavy atom. The second kappa shape index (κ2) is 37.0. The number of rotatable bonds is 13. The van der Waals surface area contributed by atoms with Crippen molar-refractivity contribution in [3.8, 4) is 45.0 Å². The third-order valence-electron chi connectivity index (χ3n) is 33.8. The number of para-hydroxylation sites is 5. The molecule has 0 saturated carbocycles. The fraction of sp³-hybridized carbons (Fsp3) is 0.207. The predicted octanol–water partition coefficient (Wildman–Crippen LogP) is 28.9. The van der Waals surface area contributed by atoms with Crippen molar-refractivity contribution in [1.82, 2.24) is 33.2 Å². The van der Waals surface area contributed by atoms with Crippen LogP contribution in [0.2, 0.25) is 0 Å². The standard InChI is InChI=1S/C48H42BN3.C47H46BN.C45H44BN3/c1-29-25-31(3)47(32(4)26-29)49(48-33(5)27-30(2)28-34(48)6)44-24-23-39(35(7)50-44)52-41-20-14-12-18-38(41)46-43(52)22-21-42-45(46)37-17-11-13-19-40(37)51(42)36-15-9-8-10-16-36;1-27-21-29(3)44(30(4)22-27)48(45-31(5)23-28(2)24-32(45)6)35-25-33(7)46(34(8)26-35)49-40-18-14-12-16-38(40)42-41(49)20-19-37-36-15-11-13-17-39(36)47(9,10)43(37)42;1-25-21-27(3)41(28(4)22-25)46(42-29(5)23-26(2)24-30(42)6)44-47-31(7)43(32(8)48-44)49-37-18-14-12-16-35(37)39-38(49)20-19-34-33-15-11-13-17-36(33)45(9,10)40(34)39/h8-28H,1-7H3;11-26H,1-10H3;11-24H,1-10H3. The van der Waals surface area contributed by atoms with Crippen LogP contribution >= 0.6 is 0 Å². The summed E-state index contributed by atoms with van der Waals surface area (Å²) < 4.78 is 9.82. The Kier molecular flexibility index (Phi) is 24.1. The Morgan fingerprint density at radius 2 is 0.507 bits per heavy atom. The van der Waals surface area contributed by atoms with E-state index in [1.165, 1.54) is 293 Å². The molecule has 10 heteroatoms. The monoisotopic (exact) mass is 1940 g/mol. The highest BCUT2D eigenvalue weighted by Crippen LogP contribution is 2.56. The average molecular weight is 1950 g/mol. The first-order valence-corrected chi connectivity index (χ1v) is 53.7. The van der Waals surface area contributed by atoms with Crippen LogP contribution in [0.4, 0.5) is 0 Å². The smallest absolute Gasteiger partial charge is 0.291 e. The molecule has 0 amide bonds. The topological polar surface area (TPSA) is 58.4 Å². The first kappa shape index (κ1) is 97.7. The van der Waals surface area contributed by atoms with Gasteiger partial charge in [-0.05, 0) is 288 Å². The lowest BCUT2D eigenvalue weighted by Crippen LogP contribution is -2.58. The number of hydrogen-bond acceptors (Lipinski definition) is 3. The minimum absolute atomic E-state index is 0.0239. The van der Waals surface area contributed by atoms with Crippen molar-refractivity contribution in [3.63, 3.8) is 0 Å². The van der Waals surface area contributed by atoms with Crippen molar-refractivity contribution in [1.29, 1.82) is 0 Å². The van der Waals surface area contributed by atoms with E-state index in [-0.39, 0.29) is 31.0 Å². The Labute approximate surface area is 886 Å². The number of hydrogen-bond donors (Lipinski definition) is 0. The Hall–Kier alpha value is -15.6. The zero-order valence-corrected chi connectivity index (χ0v) is 92.3. The maximum absolute atomic E-state index is 5.54. The molecule has 7 nitrogen and oxygen atoms in total. The van der Waals surface area contributed by atoms with Gasteiger partial charge < -0.3 is 18.3 Å². The fourth-order valence-electron chi connectivity index (χ4n) is 28.6. The lowest BCUT2D eigenvalue weighted by Gasteiger charge is -2.26. The van der Waals surface area contributed by atoms with E-state index in [1.54, 1.807) is 0 Å². The maximum atomic E-state index is 5.54. The molecule has 736 valence electrons. The average Bonchev–Trinajstić information content (AvgIpc) is 1.54. The second-order valence-electron chi connectivity index (χ2n) is 45.3. The summed E-state index contributed by atoms with van der Waals surface area (Å²) in [5, 5.41) is 10.4. The molecule has 25 rings (SSSR count). The van der Waals surface area contributed by atoms with Crippen LogP contribution in [0.25, 0.3) is 132 Å². The summed E-state index contributed by atoms with van der Waals surface area (Å²) in [4.78, 5) is 16.5. The molecule has 0 unspecified atom stereocenters. The molecule has 0 N–H and O–H groups in total. The van der Waals surface area contributed by atoms with Gasteiger partial charge in [0.1, 0.15) is 0 Å². The SMILES string of the molecule is Cc1cc(C)c(B(c2cc(C)c(-n3c4ccccc4c4c5c(ccc43)-c3ccccc3C5(C)C)c(C)c2)c2c(C)cc(C)cc2C)c(C)c1.Cc1cc(C)c(B(c2ccc(-n3c4ccccc4c4c5c6ccccc6n(-c6ccccc6)c5ccc43)c(C)n2)c2c(C)cc(C)cc2C)c(C)c1.Cc1cc(C)c(B(c2nc(C)c(-n3c4ccccc4c4c5c(ccc43)-c3ccccc3C5(C)C)c(C)n2)c2c(C)cc(C)cc2C)c(C)c1. The van der Waals surface area contributed by atoms with E-state index in [1.807, 2.05) is 0 Å². The number of aromatic nitrogens is 7. The molecule has 17 aromatic carbocycles. The molecular formula is C140H132B3N7. The largest absolute Gasteiger partial charge is 0.309 e. The van der Waals surface area contributed by atoms with Gasteiger partial charge in [0, 0.05) is 65.2 Å². The van der Waals surface area contributed by atoms with Crippen molar-refractivity contribution in [2.24, 2.45) is 0 Å². The van der Waals surface area contributed by atoms with Gasteiger partial charge in [-0.25, -0.2) is 9.97 Å². The van der Waals surface area contributed by atoms with Crippen LogP contribution < -0.4 is 49.6 Å². The summed E-state index contributed by atoms with van der Waals surface area (Å²) in [7, 11) is 0. The van der Waals surface area contributed by atoms with Gasteiger partial charge in [0.25, 0.3) is 13.4 Å². The van der Waals surface area contributed by atoms with Gasteiger partial charge in [-0.3, -0.25) is 4.98 Å². The zero-order valence-electron chi connectivity index (χ0n) is 92.3. The van der Waals surface area contributed by atoms with Gasteiger partial charge in [0.05, 0.1) is 84.0 Å². The van der Waals surface area contributed by atoms with Crippen LogP contribution in [0.3, 0.4) is 0 Å². The highest BCUT2D eigenvalue weighted by molar-refractivity contribution is 6.97. The van der Waals surface area contributed by atoms with Crippen molar-refractivity contribution in [2.75, 3.05) is 0 Å². The van der Waals surface area contributed by atoms with Crippen molar-refractivity contribution in [3.05, 3.63) is 460 Å². The van der Waals surface area contributed by atoms with Gasteiger partial charge in [-0.15, -0.1) is 0 Å². The Morgan fingerprint density at radius 3 is 0.880 bits per heavy atom. The van der Waals surface area contributed by atoms with Crippen LogP contribution in [0.15, 0.2) is 309 Å². The summed E-state index contributed by atoms with van der Waals surface area (Å²) in [5.41, 5.74) is 66.0. The third kappa shape index (κ3) is 15.6. The lowest BCUT2D eigenvalue weighted by molar-refractivity contribution is 0.666. The summed E-state index contributed by atoms with van der Waals surface area (Å²) in [6.07, 6.45) is 0. The molecule has 150 heavy (non-hydrogen) atoms. The summed E-state index contributed by atoms with van der Waals surface area (Å²) in [6.45, 7) is 61.2. The Bertz CT molecular complexity index is 8930. The Balaban J connectivity index is 0.000000123. The maximum Gasteiger partial charge on any atom is 0.291 e. The predicted molar refractivity (Wildman–Crippen MR) is 647 cm³/mol. The van der Waals surface area contributed by atoms with Gasteiger partial charge in [0.2, 0.25) is 6.71 Å². The van der Waals surface area contributed by atoms with Gasteiger partial charge in [-0.1, -0.05) is 403 Å². The van der Waals surface area contributed by atoms with E-state index in [2.05, 4.69) is 515 Å². The third-order valence-corrected chi connectivity index (χ3v) is 33.8. The molecule has 0 saturated heterocycles. The highest BCUT2D eigenvalue weighted by Gasteiger charge is 2.43. The van der Waals surface area contributed by atoms with E-state index in [9.17, 15) is 0 Å². The fourth-order valence-corrected chi connectivity index (χ4v) is 28.6. The van der Waals surface area contributed by atoms with Crippen LogP contribution in [0.1, 0.15) is 178 Å². The number of pyridine rings is 1. The van der Waals surface area contributed by atoms with Gasteiger partial charge >= 0.3 is 0 Å². The number of benzene rings is 17. The molecule has 23 aromatic rings. The van der Waals surface area contributed by atoms with Crippen LogP contribution in [-0.4, -0.2) is 53.4 Å². The molecule has 0 aliphatic heterocycles. The van der Waals surface area contributed by atoms with Crippen LogP contribution in [0, 0.1) is 159 Å². The minimum atomic E-state index is -0.119. The van der Waals surface area contributed by atoms with Crippen molar-refractivity contribution < 1.29 is 0 Å². The summed E-state index contributed by atoms with van der Waals surface area (Å²) in [5.74, 6) is 0. The quantitative estimate of drug-likeness (QED) is 0.108. The molecule has 6 heterocycles. The molecule has 0 fully saturated rings. The molecular weight excluding hydrogens is 1810 g/mol. The van der Waals surface area contributed by atoms with Crippen molar-refractivity contribution >= 4 is 157 Å². The van der Waals surface area contributed by atoms with E-state index in [0.717, 1.165) is 39.8 Å².